The fourth-order valence-corrected chi connectivity index (χ4v) is 2.54. The maximum atomic E-state index is 11.1. The molecule has 0 saturated heterocycles. The zero-order valence-corrected chi connectivity index (χ0v) is 10.6. The molecule has 1 aliphatic carbocycles. The number of hydrogen-bond acceptors (Lipinski definition) is 4. The molecule has 2 atom stereocenters. The van der Waals surface area contributed by atoms with Crippen molar-refractivity contribution in [3.8, 4) is 0 Å². The van der Waals surface area contributed by atoms with Gasteiger partial charge in [0.25, 0.3) is 5.69 Å². The Bertz CT molecular complexity index is 515. The lowest BCUT2D eigenvalue weighted by Gasteiger charge is -2.18. The molecule has 1 aromatic carbocycles. The maximum Gasteiger partial charge on any atom is 0.308 e. The van der Waals surface area contributed by atoms with Crippen LogP contribution in [0.15, 0.2) is 18.2 Å². The number of nitrogens with one attached hydrogen (secondary N) is 1. The summed E-state index contributed by atoms with van der Waals surface area (Å²) in [7, 11) is 0. The van der Waals surface area contributed by atoms with Crippen LogP contribution in [0.4, 0.5) is 11.4 Å². The van der Waals surface area contributed by atoms with Gasteiger partial charge in [-0.3, -0.25) is 14.9 Å². The third kappa shape index (κ3) is 2.83. The minimum atomic E-state index is -0.809. The van der Waals surface area contributed by atoms with Crippen LogP contribution in [0.1, 0.15) is 24.8 Å². The van der Waals surface area contributed by atoms with E-state index in [-0.39, 0.29) is 11.7 Å². The van der Waals surface area contributed by atoms with Crippen molar-refractivity contribution in [2.75, 3.05) is 5.32 Å². The molecule has 0 radical (unpaired) electrons. The number of anilines is 1. The Hall–Kier alpha value is -2.11. The summed E-state index contributed by atoms with van der Waals surface area (Å²) in [5.41, 5.74) is 1.25. The zero-order chi connectivity index (χ0) is 14.0. The number of carbonyl (C=O) groups is 1. The fourth-order valence-electron chi connectivity index (χ4n) is 2.54. The Labute approximate surface area is 110 Å². The smallest absolute Gasteiger partial charge is 0.308 e. The lowest BCUT2D eigenvalue weighted by molar-refractivity contribution is -0.385. The molecule has 0 heterocycles. The monoisotopic (exact) mass is 264 g/mol. The van der Waals surface area contributed by atoms with Crippen LogP contribution in [0.5, 0.6) is 0 Å². The summed E-state index contributed by atoms with van der Waals surface area (Å²) in [5.74, 6) is -1.23. The molecule has 19 heavy (non-hydrogen) atoms. The van der Waals surface area contributed by atoms with Crippen LogP contribution in [-0.4, -0.2) is 22.0 Å². The van der Waals surface area contributed by atoms with E-state index in [9.17, 15) is 14.9 Å². The van der Waals surface area contributed by atoms with Gasteiger partial charge in [0, 0.05) is 23.4 Å². The first kappa shape index (κ1) is 13.3. The number of rotatable bonds is 4. The van der Waals surface area contributed by atoms with Gasteiger partial charge >= 0.3 is 5.97 Å². The molecule has 6 nitrogen and oxygen atoms in total. The summed E-state index contributed by atoms with van der Waals surface area (Å²) in [5, 5.41) is 23.1. The molecule has 1 aromatic rings. The molecule has 1 aliphatic rings. The van der Waals surface area contributed by atoms with Crippen molar-refractivity contribution in [3.63, 3.8) is 0 Å². The van der Waals surface area contributed by atoms with E-state index in [1.54, 1.807) is 19.1 Å². The Morgan fingerprint density at radius 3 is 2.84 bits per heavy atom. The van der Waals surface area contributed by atoms with Crippen molar-refractivity contribution in [3.05, 3.63) is 33.9 Å². The minimum Gasteiger partial charge on any atom is -0.481 e. The Balaban J connectivity index is 2.17. The van der Waals surface area contributed by atoms with E-state index in [4.69, 9.17) is 5.11 Å². The second-order valence-corrected chi connectivity index (χ2v) is 4.88. The van der Waals surface area contributed by atoms with E-state index >= 15 is 0 Å². The Kier molecular flexibility index (Phi) is 3.69. The first-order chi connectivity index (χ1) is 8.99. The van der Waals surface area contributed by atoms with Gasteiger partial charge in [0.05, 0.1) is 10.8 Å². The van der Waals surface area contributed by atoms with Crippen LogP contribution < -0.4 is 5.32 Å². The van der Waals surface area contributed by atoms with Gasteiger partial charge in [0.15, 0.2) is 0 Å². The number of nitro groups is 1. The number of aryl methyl sites for hydroxylation is 1. The Morgan fingerprint density at radius 2 is 2.21 bits per heavy atom. The van der Waals surface area contributed by atoms with E-state index in [0.29, 0.717) is 17.7 Å². The molecule has 0 aromatic heterocycles. The lowest BCUT2D eigenvalue weighted by Crippen LogP contribution is -2.29. The summed E-state index contributed by atoms with van der Waals surface area (Å²) in [4.78, 5) is 21.5. The molecule has 0 spiro atoms. The molecule has 1 fully saturated rings. The number of nitrogens with zero attached hydrogens (tertiary/aromatic N) is 1. The van der Waals surface area contributed by atoms with Crippen LogP contribution in [0.25, 0.3) is 0 Å². The number of benzene rings is 1. The van der Waals surface area contributed by atoms with Gasteiger partial charge in [-0.2, -0.15) is 0 Å². The van der Waals surface area contributed by atoms with Gasteiger partial charge in [0.1, 0.15) is 0 Å². The number of hydrogen-bond donors (Lipinski definition) is 2. The largest absolute Gasteiger partial charge is 0.481 e. The van der Waals surface area contributed by atoms with Crippen molar-refractivity contribution >= 4 is 17.3 Å². The number of aliphatic carboxylic acids is 1. The summed E-state index contributed by atoms with van der Waals surface area (Å²) in [6, 6.07) is 4.73. The van der Waals surface area contributed by atoms with E-state index in [1.807, 2.05) is 0 Å². The highest BCUT2D eigenvalue weighted by molar-refractivity contribution is 5.72. The predicted molar refractivity (Wildman–Crippen MR) is 70.2 cm³/mol. The molecule has 2 unspecified atom stereocenters. The highest BCUT2D eigenvalue weighted by atomic mass is 16.6. The molecular formula is C13H16N2O4. The molecule has 0 bridgehead atoms. The van der Waals surface area contributed by atoms with E-state index in [2.05, 4.69) is 5.32 Å². The van der Waals surface area contributed by atoms with Crippen molar-refractivity contribution in [1.82, 2.24) is 0 Å². The van der Waals surface area contributed by atoms with Crippen molar-refractivity contribution in [2.24, 2.45) is 5.92 Å². The van der Waals surface area contributed by atoms with Crippen molar-refractivity contribution < 1.29 is 14.8 Å². The number of nitro benzene ring substituents is 1. The molecular weight excluding hydrogens is 248 g/mol. The summed E-state index contributed by atoms with van der Waals surface area (Å²) in [6.45, 7) is 1.68. The molecule has 0 amide bonds. The van der Waals surface area contributed by atoms with Gasteiger partial charge in [-0.05, 0) is 25.8 Å². The summed E-state index contributed by atoms with van der Waals surface area (Å²) < 4.78 is 0. The first-order valence-electron chi connectivity index (χ1n) is 6.23. The van der Waals surface area contributed by atoms with E-state index < -0.39 is 16.8 Å². The van der Waals surface area contributed by atoms with Crippen LogP contribution >= 0.6 is 0 Å². The van der Waals surface area contributed by atoms with Gasteiger partial charge in [-0.15, -0.1) is 0 Å². The third-order valence-electron chi connectivity index (χ3n) is 3.59. The SMILES string of the molecule is Cc1ccc(NC2CCCC2C(=O)O)cc1[N+](=O)[O-]. The molecule has 2 rings (SSSR count). The van der Waals surface area contributed by atoms with Crippen LogP contribution in [0.2, 0.25) is 0 Å². The maximum absolute atomic E-state index is 11.1. The standard InChI is InChI=1S/C13H16N2O4/c1-8-5-6-9(7-12(8)15(18)19)14-11-4-2-3-10(11)13(16)17/h5-7,10-11,14H,2-4H2,1H3,(H,16,17). The minimum absolute atomic E-state index is 0.0508. The molecule has 0 aliphatic heterocycles. The quantitative estimate of drug-likeness (QED) is 0.644. The molecule has 2 N–H and O–H groups in total. The van der Waals surface area contributed by atoms with Gasteiger partial charge in [0.2, 0.25) is 0 Å². The lowest BCUT2D eigenvalue weighted by atomic mass is 10.0. The van der Waals surface area contributed by atoms with Crippen molar-refractivity contribution in [1.29, 1.82) is 0 Å². The normalized spacial score (nSPS) is 22.2. The van der Waals surface area contributed by atoms with Crippen LogP contribution in [-0.2, 0) is 4.79 Å². The second-order valence-electron chi connectivity index (χ2n) is 4.88. The number of carboxylic acid groups (broad SMARTS) is 1. The highest BCUT2D eigenvalue weighted by Crippen LogP contribution is 2.30. The fraction of sp³-hybridized carbons (Fsp3) is 0.462. The van der Waals surface area contributed by atoms with Crippen LogP contribution in [0.3, 0.4) is 0 Å². The molecule has 1 saturated carbocycles. The third-order valence-corrected chi connectivity index (χ3v) is 3.59. The van der Waals surface area contributed by atoms with Gasteiger partial charge in [-0.25, -0.2) is 0 Å². The average Bonchev–Trinajstić information content (AvgIpc) is 2.79. The number of carboxylic acids is 1. The first-order valence-corrected chi connectivity index (χ1v) is 6.23. The van der Waals surface area contributed by atoms with Crippen LogP contribution in [0, 0.1) is 23.0 Å². The second kappa shape index (κ2) is 5.26. The van der Waals surface area contributed by atoms with Gasteiger partial charge < -0.3 is 10.4 Å². The Morgan fingerprint density at radius 1 is 1.47 bits per heavy atom. The average molecular weight is 264 g/mol. The summed E-state index contributed by atoms with van der Waals surface area (Å²) in [6.07, 6.45) is 2.29. The zero-order valence-electron chi connectivity index (χ0n) is 10.6. The summed E-state index contributed by atoms with van der Waals surface area (Å²) >= 11 is 0. The van der Waals surface area contributed by atoms with E-state index in [0.717, 1.165) is 12.8 Å². The van der Waals surface area contributed by atoms with Crippen molar-refractivity contribution in [2.45, 2.75) is 32.2 Å². The molecule has 102 valence electrons. The van der Waals surface area contributed by atoms with Gasteiger partial charge in [-0.1, -0.05) is 12.5 Å². The highest BCUT2D eigenvalue weighted by Gasteiger charge is 2.32. The molecule has 6 heteroatoms. The predicted octanol–water partition coefficient (Wildman–Crippen LogP) is 2.57. The topological polar surface area (TPSA) is 92.5 Å². The van der Waals surface area contributed by atoms with E-state index in [1.165, 1.54) is 6.07 Å².